The number of pyridine rings is 1. The number of fused-ring (bicyclic) bond motifs is 6. The molecule has 0 atom stereocenters. The largest absolute Gasteiger partial charge is 0.507 e. The maximum atomic E-state index is 12.5. The van der Waals surface area contributed by atoms with Crippen LogP contribution in [0.1, 0.15) is 77.6 Å². The van der Waals surface area contributed by atoms with Gasteiger partial charge in [0.05, 0.1) is 34.2 Å². The number of rotatable bonds is 7. The Kier molecular flexibility index (Phi) is 10.1. The van der Waals surface area contributed by atoms with Gasteiger partial charge in [-0.1, -0.05) is 189 Å². The van der Waals surface area contributed by atoms with Crippen molar-refractivity contribution in [2.24, 2.45) is 0 Å². The molecular formula is C63H55N3O2. The Morgan fingerprint density at radius 3 is 1.96 bits per heavy atom. The smallest absolute Gasteiger partial charge is 0.153 e. The highest BCUT2D eigenvalue weighted by Crippen LogP contribution is 2.46. The van der Waals surface area contributed by atoms with Gasteiger partial charge in [-0.25, -0.2) is 4.98 Å². The molecule has 0 fully saturated rings. The van der Waals surface area contributed by atoms with E-state index in [0.717, 1.165) is 99.6 Å². The number of para-hydroxylation sites is 2. The molecule has 11 rings (SSSR count). The van der Waals surface area contributed by atoms with Crippen molar-refractivity contribution >= 4 is 43.7 Å². The van der Waals surface area contributed by atoms with Crippen molar-refractivity contribution < 1.29 is 9.52 Å². The minimum absolute atomic E-state index is 0.192. The minimum Gasteiger partial charge on any atom is -0.507 e. The lowest BCUT2D eigenvalue weighted by molar-refractivity contribution is 0.446. The molecule has 0 saturated heterocycles. The average molecular weight is 886 g/mol. The Bertz CT molecular complexity index is 3730. The molecule has 0 unspecified atom stereocenters. The molecular weight excluding hydrogens is 831 g/mol. The van der Waals surface area contributed by atoms with Crippen molar-refractivity contribution in [1.82, 2.24) is 14.5 Å². The van der Waals surface area contributed by atoms with Gasteiger partial charge in [-0.05, 0) is 86.5 Å². The Balaban J connectivity index is 1.20. The molecule has 3 aromatic heterocycles. The fourth-order valence-electron chi connectivity index (χ4n) is 9.98. The third-order valence-electron chi connectivity index (χ3n) is 13.9. The Labute approximate surface area is 398 Å². The zero-order chi connectivity index (χ0) is 47.1. The summed E-state index contributed by atoms with van der Waals surface area (Å²) in [6.07, 6.45) is 1.87. The number of imidazole rings is 1. The highest BCUT2D eigenvalue weighted by Gasteiger charge is 2.30. The zero-order valence-electron chi connectivity index (χ0n) is 40.0. The van der Waals surface area contributed by atoms with Gasteiger partial charge < -0.3 is 9.52 Å². The van der Waals surface area contributed by atoms with Gasteiger partial charge >= 0.3 is 0 Å². The van der Waals surface area contributed by atoms with Crippen molar-refractivity contribution in [3.63, 3.8) is 0 Å². The minimum atomic E-state index is -0.368. The summed E-state index contributed by atoms with van der Waals surface area (Å²) in [5.41, 5.74) is 14.6. The van der Waals surface area contributed by atoms with Crippen LogP contribution in [-0.2, 0) is 16.2 Å². The van der Waals surface area contributed by atoms with Crippen LogP contribution < -0.4 is 0 Å². The third kappa shape index (κ3) is 7.25. The van der Waals surface area contributed by atoms with E-state index in [2.05, 4.69) is 236 Å². The molecule has 0 saturated carbocycles. The molecule has 0 amide bonds. The van der Waals surface area contributed by atoms with Gasteiger partial charge in [0.25, 0.3) is 0 Å². The SMILES string of the molecule is CC(C)(C)c1cc(-c2nc3c(-c4cc(-c5cc6c(cn5)oc5c7ccccc7ccc65)cc(C(C)(C)c5ccccc5)c4)cccc3n2-c2ccccc2-c2ccccc2)c(O)c(C(C)(C)C)c1. The average Bonchev–Trinajstić information content (AvgIpc) is 3.92. The summed E-state index contributed by atoms with van der Waals surface area (Å²) in [7, 11) is 0. The van der Waals surface area contributed by atoms with Crippen LogP contribution in [-0.4, -0.2) is 19.6 Å². The Morgan fingerprint density at radius 1 is 0.500 bits per heavy atom. The highest BCUT2D eigenvalue weighted by atomic mass is 16.3. The van der Waals surface area contributed by atoms with Crippen LogP contribution in [0.25, 0.3) is 94.3 Å². The number of benzene rings is 8. The molecule has 5 heteroatoms. The van der Waals surface area contributed by atoms with Gasteiger partial charge in [-0.15, -0.1) is 0 Å². The second-order valence-corrected chi connectivity index (χ2v) is 20.9. The molecule has 3 heterocycles. The number of hydrogen-bond acceptors (Lipinski definition) is 4. The molecule has 0 bridgehead atoms. The van der Waals surface area contributed by atoms with Gasteiger partial charge in [-0.3, -0.25) is 9.55 Å². The van der Waals surface area contributed by atoms with E-state index in [1.54, 1.807) is 0 Å². The molecule has 5 nitrogen and oxygen atoms in total. The van der Waals surface area contributed by atoms with Crippen LogP contribution in [0.3, 0.4) is 0 Å². The van der Waals surface area contributed by atoms with E-state index in [1.807, 2.05) is 6.20 Å². The Morgan fingerprint density at radius 2 is 1.19 bits per heavy atom. The molecule has 8 aromatic carbocycles. The van der Waals surface area contributed by atoms with Gasteiger partial charge in [0.1, 0.15) is 17.2 Å². The molecule has 11 aromatic rings. The molecule has 0 aliphatic carbocycles. The predicted molar refractivity (Wildman–Crippen MR) is 283 cm³/mol. The third-order valence-corrected chi connectivity index (χ3v) is 13.9. The summed E-state index contributed by atoms with van der Waals surface area (Å²) in [4.78, 5) is 10.8. The lowest BCUT2D eigenvalue weighted by atomic mass is 9.76. The second-order valence-electron chi connectivity index (χ2n) is 20.9. The number of hydrogen-bond donors (Lipinski definition) is 1. The van der Waals surface area contributed by atoms with Crippen molar-refractivity contribution in [3.05, 3.63) is 204 Å². The molecule has 0 aliphatic rings. The van der Waals surface area contributed by atoms with Crippen molar-refractivity contribution in [2.45, 2.75) is 71.6 Å². The highest BCUT2D eigenvalue weighted by molar-refractivity contribution is 6.15. The van der Waals surface area contributed by atoms with Crippen molar-refractivity contribution in [1.29, 1.82) is 0 Å². The van der Waals surface area contributed by atoms with Crippen LogP contribution in [0.5, 0.6) is 5.75 Å². The second kappa shape index (κ2) is 16.0. The first-order valence-corrected chi connectivity index (χ1v) is 23.6. The first-order valence-electron chi connectivity index (χ1n) is 23.6. The van der Waals surface area contributed by atoms with Crippen LogP contribution in [0, 0.1) is 0 Å². The van der Waals surface area contributed by atoms with E-state index in [-0.39, 0.29) is 22.0 Å². The lowest BCUT2D eigenvalue weighted by Gasteiger charge is -2.27. The maximum Gasteiger partial charge on any atom is 0.153 e. The number of nitrogens with zero attached hydrogens (tertiary/aromatic N) is 3. The zero-order valence-corrected chi connectivity index (χ0v) is 40.0. The van der Waals surface area contributed by atoms with E-state index in [1.165, 1.54) is 5.56 Å². The molecule has 0 spiro atoms. The first kappa shape index (κ1) is 42.8. The van der Waals surface area contributed by atoms with Crippen LogP contribution in [0.15, 0.2) is 187 Å². The molecule has 0 aliphatic heterocycles. The number of furan rings is 1. The van der Waals surface area contributed by atoms with Gasteiger partial charge in [0.2, 0.25) is 0 Å². The van der Waals surface area contributed by atoms with Crippen LogP contribution in [0.4, 0.5) is 0 Å². The van der Waals surface area contributed by atoms with Crippen LogP contribution in [0.2, 0.25) is 0 Å². The summed E-state index contributed by atoms with van der Waals surface area (Å²) in [5, 5.41) is 16.9. The summed E-state index contributed by atoms with van der Waals surface area (Å²) in [6, 6.07) is 62.3. The number of phenolic OH excluding ortho intramolecular Hbond substituents is 1. The first-order chi connectivity index (χ1) is 32.6. The topological polar surface area (TPSA) is 64.1 Å². The molecule has 334 valence electrons. The summed E-state index contributed by atoms with van der Waals surface area (Å²) < 4.78 is 8.79. The maximum absolute atomic E-state index is 12.5. The fourth-order valence-corrected chi connectivity index (χ4v) is 9.98. The van der Waals surface area contributed by atoms with Gasteiger partial charge in [0, 0.05) is 43.8 Å². The van der Waals surface area contributed by atoms with Crippen molar-refractivity contribution in [2.75, 3.05) is 0 Å². The quantitative estimate of drug-likeness (QED) is 0.173. The fraction of sp³-hybridized carbons (Fsp3) is 0.175. The molecule has 0 radical (unpaired) electrons. The van der Waals surface area contributed by atoms with E-state index in [4.69, 9.17) is 14.4 Å². The monoisotopic (exact) mass is 885 g/mol. The standard InChI is InChI=1S/C63H55N3O2/c1-61(2,3)44-35-51(58(67)52(36-44)62(4,5)6)60-65-57-47(27-19-29-55(57)66(60)54-28-18-17-25-46(54)39-20-11-9-12-21-39)41-32-42(34-45(33-41)63(7,8)43-23-13-10-14-24-43)53-37-50-49-31-30-40-22-15-16-26-48(40)59(49)68-56(50)38-64-53/h9-38,67H,1-8H3. The lowest BCUT2D eigenvalue weighted by Crippen LogP contribution is -2.19. The Hall–Kier alpha value is -7.76. The number of phenols is 1. The van der Waals surface area contributed by atoms with Crippen molar-refractivity contribution in [3.8, 4) is 56.3 Å². The van der Waals surface area contributed by atoms with Gasteiger partial charge in [-0.2, -0.15) is 0 Å². The van der Waals surface area contributed by atoms with E-state index < -0.39 is 0 Å². The number of aromatic hydroxyl groups is 1. The van der Waals surface area contributed by atoms with E-state index in [9.17, 15) is 5.11 Å². The molecule has 1 N–H and O–H groups in total. The van der Waals surface area contributed by atoms with Gasteiger partial charge in [0.15, 0.2) is 5.58 Å². The molecule has 68 heavy (non-hydrogen) atoms. The van der Waals surface area contributed by atoms with E-state index >= 15 is 0 Å². The predicted octanol–water partition coefficient (Wildman–Crippen LogP) is 16.8. The van der Waals surface area contributed by atoms with Crippen LogP contribution >= 0.6 is 0 Å². The number of aromatic nitrogens is 3. The summed E-state index contributed by atoms with van der Waals surface area (Å²) in [6.45, 7) is 17.8. The van der Waals surface area contributed by atoms with E-state index in [0.29, 0.717) is 11.4 Å². The summed E-state index contributed by atoms with van der Waals surface area (Å²) >= 11 is 0. The summed E-state index contributed by atoms with van der Waals surface area (Å²) in [5.74, 6) is 0.924. The normalized spacial score (nSPS) is 12.5.